The summed E-state index contributed by atoms with van der Waals surface area (Å²) >= 11 is 25.4. The van der Waals surface area contributed by atoms with Crippen molar-refractivity contribution in [1.82, 2.24) is 21.3 Å². The summed E-state index contributed by atoms with van der Waals surface area (Å²) in [6, 6.07) is 38.2. The third-order valence-corrected chi connectivity index (χ3v) is 31.0. The van der Waals surface area contributed by atoms with E-state index in [0.29, 0.717) is 71.6 Å². The number of aromatic hydroxyl groups is 2. The van der Waals surface area contributed by atoms with Crippen molar-refractivity contribution < 1.29 is 53.1 Å². The van der Waals surface area contributed by atoms with Crippen LogP contribution in [0, 0.1) is 20.8 Å². The standard InChI is InChI=1S/C27H31NO3S2.C26H31N3O2S2.C26H29NO3S2.C25H27NO3S2/c1-15-10-19-20(27(4,5)9-8-26(19,2)3)13-17(15)18-11-16(21(30-6)14-22(18)31-7)12-23-24(29)28-25(32)33-23;1-15(2)28-9-10-29(16(3)4)22-14-19(17(5)11-21(22)28)20-12-18(7-8-23(20)31-6)13-24-25(30)27-26(32)33-24;1-25(2)11-12-26(3,4)18-13-15(7-9-17(18)25)21-19(29-5)10-8-16(22(21)30-6)14-20-23(28)27-24(31)32-20;1-13-8-17-18(25(4,5)7-6-24(17,2)3)11-15(13)16-9-14(19(27)12-20(16)28)10-21-22(29)26-23(30)31-21/h10-14H,8-9H2,1-7H3,(H,28,29,32);7-8,11-16H,9-10H2,1-6H3,(H,27,30,32);7-10,13-14H,11-12H2,1-6H3,(H,27,28,31);8-12,27-28H,6-7H2,1-5H3,(H,26,29,30)/b23-12-;24-13-;20-14-;21-10-. The van der Waals surface area contributed by atoms with Gasteiger partial charge in [-0.15, -0.1) is 0 Å². The summed E-state index contributed by atoms with van der Waals surface area (Å²) in [5, 5.41) is 31.7. The largest absolute Gasteiger partial charge is 0.507 e. The fraction of sp³-hybridized carbons (Fsp3) is 0.385. The maximum atomic E-state index is 12.3. The van der Waals surface area contributed by atoms with E-state index in [4.69, 9.17) is 72.6 Å². The van der Waals surface area contributed by atoms with Crippen molar-refractivity contribution in [3.8, 4) is 84.8 Å². The van der Waals surface area contributed by atoms with E-state index in [1.165, 1.54) is 110 Å². The molecule has 5 heterocycles. The maximum absolute atomic E-state index is 12.3. The molecular weight excluding hydrogens is 1770 g/mol. The summed E-state index contributed by atoms with van der Waals surface area (Å²) in [6.45, 7) is 45.1. The number of fused-ring (bicyclic) bond motifs is 4. The van der Waals surface area contributed by atoms with Crippen molar-refractivity contribution in [2.75, 3.05) is 58.4 Å². The van der Waals surface area contributed by atoms with Crippen LogP contribution in [0.2, 0.25) is 0 Å². The van der Waals surface area contributed by atoms with Crippen molar-refractivity contribution >= 4 is 173 Å². The SMILES string of the molecule is COc1cc(OC)c(-c2cc3c(cc2C)C(C)(C)CCC3(C)C)cc1/C=C1\SC(=S)NC1=O.COc1ccc(/C=C2\SC(=S)NC2=O)c(OC)c1-c1ccc2c(c1)C(C)(C)CCC2(C)C.COc1ccc(/C=C2\SC(=S)NC2=O)cc1-c1cc2c(cc1C)N(C(C)C)CCN2C(C)C.Cc1cc2c(cc1-c1cc(/C=C3\SC(=S)NC3=O)c(O)cc1O)C(C)(C)CCC2(C)C. The molecule has 0 radical (unpaired) electrons. The van der Waals surface area contributed by atoms with Crippen molar-refractivity contribution in [1.29, 1.82) is 0 Å². The van der Waals surface area contributed by atoms with Gasteiger partial charge in [-0.05, 0) is 282 Å². The molecule has 0 atom stereocenters. The number of thiocarbonyl (C=S) groups is 4. The Kier molecular flexibility index (Phi) is 28.6. The molecule has 678 valence electrons. The number of benzene rings is 8. The Morgan fingerprint density at radius 1 is 0.357 bits per heavy atom. The van der Waals surface area contributed by atoms with Gasteiger partial charge < -0.3 is 65.0 Å². The number of aryl methyl sites for hydroxylation is 3. The summed E-state index contributed by atoms with van der Waals surface area (Å²) in [5.74, 6) is 2.74. The van der Waals surface area contributed by atoms with E-state index in [1.54, 1.807) is 47.7 Å². The molecule has 4 saturated heterocycles. The first kappa shape index (κ1) is 97.1. The van der Waals surface area contributed by atoms with Crippen LogP contribution in [0.5, 0.6) is 40.2 Å². The Labute approximate surface area is 799 Å². The highest BCUT2D eigenvalue weighted by Gasteiger charge is 2.42. The first-order chi connectivity index (χ1) is 60.6. The monoisotopic (exact) mass is 1880 g/mol. The number of rotatable bonds is 15. The number of ether oxygens (including phenoxy) is 5. The topological polar surface area (TPSA) is 209 Å². The first-order valence-electron chi connectivity index (χ1n) is 43.5. The lowest BCUT2D eigenvalue weighted by molar-refractivity contribution is -0.116. The number of hydrogen-bond acceptors (Lipinski definition) is 21. The van der Waals surface area contributed by atoms with Gasteiger partial charge in [-0.2, -0.15) is 0 Å². The van der Waals surface area contributed by atoms with Crippen LogP contribution in [0.1, 0.15) is 222 Å². The molecule has 5 aliphatic heterocycles. The molecular formula is C104H118N6O11S8. The summed E-state index contributed by atoms with van der Waals surface area (Å²) in [7, 11) is 8.32. The summed E-state index contributed by atoms with van der Waals surface area (Å²) in [5.41, 5.74) is 25.7. The Balaban J connectivity index is 0.000000147. The fourth-order valence-electron chi connectivity index (χ4n) is 18.5. The molecule has 16 rings (SSSR count). The molecule has 17 nitrogen and oxygen atoms in total. The minimum absolute atomic E-state index is 0.00891. The van der Waals surface area contributed by atoms with Gasteiger partial charge in [0.15, 0.2) is 0 Å². The molecule has 3 aliphatic carbocycles. The van der Waals surface area contributed by atoms with E-state index in [1.807, 2.05) is 48.6 Å². The predicted molar refractivity (Wildman–Crippen MR) is 554 cm³/mol. The second kappa shape index (κ2) is 38.0. The summed E-state index contributed by atoms with van der Waals surface area (Å²) < 4.78 is 30.6. The lowest BCUT2D eigenvalue weighted by atomic mass is 9.62. The van der Waals surface area contributed by atoms with Gasteiger partial charge in [0.25, 0.3) is 23.6 Å². The van der Waals surface area contributed by atoms with E-state index in [-0.39, 0.29) is 67.6 Å². The minimum Gasteiger partial charge on any atom is -0.507 e. The minimum atomic E-state index is -0.280. The molecule has 8 aromatic carbocycles. The molecule has 0 saturated carbocycles. The maximum Gasteiger partial charge on any atom is 0.263 e. The molecule has 8 aromatic rings. The number of amides is 4. The van der Waals surface area contributed by atoms with Crippen LogP contribution in [0.15, 0.2) is 129 Å². The first-order valence-corrected chi connectivity index (χ1v) is 48.4. The quantitative estimate of drug-likeness (QED) is 0.0416. The van der Waals surface area contributed by atoms with Gasteiger partial charge in [-0.1, -0.05) is 215 Å². The molecule has 8 aliphatic rings. The van der Waals surface area contributed by atoms with Crippen LogP contribution in [0.3, 0.4) is 0 Å². The molecule has 0 unspecified atom stereocenters. The van der Waals surface area contributed by atoms with E-state index in [0.717, 1.165) is 129 Å². The van der Waals surface area contributed by atoms with Crippen molar-refractivity contribution in [3.05, 3.63) is 201 Å². The average molecular weight is 1880 g/mol. The number of phenolic OH excluding ortho intramolecular Hbond substituents is 2. The Morgan fingerprint density at radius 3 is 1.16 bits per heavy atom. The lowest BCUT2D eigenvalue weighted by Gasteiger charge is -2.43. The van der Waals surface area contributed by atoms with Gasteiger partial charge in [0.1, 0.15) is 57.5 Å². The van der Waals surface area contributed by atoms with E-state index in [2.05, 4.69) is 229 Å². The molecule has 129 heavy (non-hydrogen) atoms. The number of anilines is 2. The molecule has 6 N–H and O–H groups in total. The van der Waals surface area contributed by atoms with Crippen LogP contribution < -0.4 is 54.8 Å². The number of phenols is 2. The smallest absolute Gasteiger partial charge is 0.263 e. The highest BCUT2D eigenvalue weighted by Crippen LogP contribution is 2.55. The predicted octanol–water partition coefficient (Wildman–Crippen LogP) is 24.2. The van der Waals surface area contributed by atoms with Crippen LogP contribution >= 0.6 is 95.9 Å². The molecule has 4 amide bonds. The number of hydrogen-bond donors (Lipinski definition) is 6. The van der Waals surface area contributed by atoms with Gasteiger partial charge in [0.2, 0.25) is 0 Å². The van der Waals surface area contributed by atoms with Gasteiger partial charge in [-0.25, -0.2) is 0 Å². The zero-order chi connectivity index (χ0) is 94.0. The van der Waals surface area contributed by atoms with E-state index < -0.39 is 0 Å². The number of carbonyl (C=O) groups excluding carboxylic acids is 4. The average Bonchev–Trinajstić information content (AvgIpc) is 0.811. The summed E-state index contributed by atoms with van der Waals surface area (Å²) in [6.07, 6.45) is 14.0. The second-order valence-corrected chi connectivity index (χ2v) is 45.5. The number of methoxy groups -OCH3 is 5. The van der Waals surface area contributed by atoms with Gasteiger partial charge >= 0.3 is 0 Å². The molecule has 4 fully saturated rings. The zero-order valence-corrected chi connectivity index (χ0v) is 84.8. The second-order valence-electron chi connectivity index (χ2n) is 38.6. The van der Waals surface area contributed by atoms with Crippen molar-refractivity contribution in [2.24, 2.45) is 0 Å². The van der Waals surface area contributed by atoms with Crippen LogP contribution in [0.4, 0.5) is 11.4 Å². The van der Waals surface area contributed by atoms with E-state index >= 15 is 0 Å². The number of nitrogens with zero attached hydrogens (tertiary/aromatic N) is 2. The Bertz CT molecular complexity index is 6110. The Morgan fingerprint density at radius 2 is 0.729 bits per heavy atom. The third kappa shape index (κ3) is 20.3. The molecule has 0 spiro atoms. The van der Waals surface area contributed by atoms with Crippen molar-refractivity contribution in [2.45, 2.75) is 215 Å². The van der Waals surface area contributed by atoms with E-state index in [9.17, 15) is 29.4 Å². The third-order valence-electron chi connectivity index (χ3n) is 26.4. The fourth-order valence-corrected chi connectivity index (χ4v) is 22.7. The number of carbonyl (C=O) groups is 4. The normalized spacial score (nSPS) is 19.5. The molecule has 0 aromatic heterocycles. The van der Waals surface area contributed by atoms with Gasteiger partial charge in [0, 0.05) is 70.7 Å². The Hall–Kier alpha value is -9.44. The molecule has 0 bridgehead atoms. The van der Waals surface area contributed by atoms with Crippen LogP contribution in [0.25, 0.3) is 68.8 Å². The zero-order valence-electron chi connectivity index (χ0n) is 78.2. The summed E-state index contributed by atoms with van der Waals surface area (Å²) in [4.78, 5) is 55.8. The van der Waals surface area contributed by atoms with Crippen LogP contribution in [-0.2, 0) is 51.7 Å². The van der Waals surface area contributed by atoms with Crippen LogP contribution in [-0.4, -0.2) is 112 Å². The highest BCUT2D eigenvalue weighted by molar-refractivity contribution is 8.28. The molecule has 25 heteroatoms. The van der Waals surface area contributed by atoms with Crippen molar-refractivity contribution in [3.63, 3.8) is 0 Å². The highest BCUT2D eigenvalue weighted by atomic mass is 32.2. The van der Waals surface area contributed by atoms with Gasteiger partial charge in [-0.3, -0.25) is 19.2 Å². The number of nitrogens with one attached hydrogen (secondary N) is 4. The number of thioether (sulfide) groups is 4. The van der Waals surface area contributed by atoms with Gasteiger partial charge in [0.05, 0.1) is 72.1 Å². The lowest BCUT2D eigenvalue weighted by Crippen LogP contribution is -2.46.